The summed E-state index contributed by atoms with van der Waals surface area (Å²) in [5.74, 6) is 0.251. The van der Waals surface area contributed by atoms with Crippen LogP contribution < -0.4 is 5.32 Å². The highest BCUT2D eigenvalue weighted by Gasteiger charge is 2.28. The molecule has 1 atom stereocenters. The summed E-state index contributed by atoms with van der Waals surface area (Å²) in [5, 5.41) is 14.6. The lowest BCUT2D eigenvalue weighted by atomic mass is 10.1. The number of hydrogen-bond donors (Lipinski definition) is 1. The third kappa shape index (κ3) is 2.66. The van der Waals surface area contributed by atoms with Crippen LogP contribution in [0.25, 0.3) is 10.9 Å². The molecule has 7 nitrogen and oxygen atoms in total. The van der Waals surface area contributed by atoms with Crippen molar-refractivity contribution in [3.05, 3.63) is 40.6 Å². The number of pyridine rings is 1. The summed E-state index contributed by atoms with van der Waals surface area (Å²) in [4.78, 5) is 14.8. The van der Waals surface area contributed by atoms with E-state index in [2.05, 4.69) is 10.3 Å². The van der Waals surface area contributed by atoms with Crippen molar-refractivity contribution in [2.45, 2.75) is 12.5 Å². The Morgan fingerprint density at radius 1 is 1.33 bits per heavy atom. The molecule has 1 aliphatic rings. The van der Waals surface area contributed by atoms with Gasteiger partial charge in [0.2, 0.25) is 0 Å². The number of rotatable bonds is 3. The molecule has 0 spiro atoms. The fraction of sp³-hybridized carbons (Fsp3) is 0.308. The molecular weight excluding hydrogens is 294 g/mol. The van der Waals surface area contributed by atoms with Gasteiger partial charge >= 0.3 is 0 Å². The molecule has 1 aliphatic heterocycles. The molecule has 21 heavy (non-hydrogen) atoms. The summed E-state index contributed by atoms with van der Waals surface area (Å²) >= 11 is 0. The van der Waals surface area contributed by atoms with Gasteiger partial charge in [0.25, 0.3) is 5.69 Å². The lowest BCUT2D eigenvalue weighted by Gasteiger charge is -2.14. The molecule has 1 N–H and O–H groups in total. The minimum Gasteiger partial charge on any atom is -0.379 e. The summed E-state index contributed by atoms with van der Waals surface area (Å²) < 4.78 is 23.0. The fourth-order valence-corrected chi connectivity index (χ4v) is 4.24. The zero-order valence-electron chi connectivity index (χ0n) is 11.0. The number of sulfone groups is 1. The van der Waals surface area contributed by atoms with Crippen molar-refractivity contribution in [2.75, 3.05) is 16.8 Å². The molecule has 110 valence electrons. The highest BCUT2D eigenvalue weighted by atomic mass is 32.2. The Kier molecular flexibility index (Phi) is 3.25. The second-order valence-electron chi connectivity index (χ2n) is 5.03. The highest BCUT2D eigenvalue weighted by molar-refractivity contribution is 7.91. The summed E-state index contributed by atoms with van der Waals surface area (Å²) in [6.07, 6.45) is 2.09. The smallest absolute Gasteiger partial charge is 0.278 e. The number of aromatic nitrogens is 1. The predicted molar refractivity (Wildman–Crippen MR) is 79.1 cm³/mol. The zero-order valence-corrected chi connectivity index (χ0v) is 11.8. The van der Waals surface area contributed by atoms with Gasteiger partial charge in [-0.25, -0.2) is 8.42 Å². The van der Waals surface area contributed by atoms with Crippen molar-refractivity contribution >= 4 is 32.1 Å². The molecule has 0 bridgehead atoms. The normalized spacial score (nSPS) is 20.5. The molecule has 0 radical (unpaired) electrons. The van der Waals surface area contributed by atoms with Gasteiger partial charge in [0.1, 0.15) is 5.52 Å². The summed E-state index contributed by atoms with van der Waals surface area (Å²) in [6.45, 7) is 0. The van der Waals surface area contributed by atoms with Crippen LogP contribution in [0.3, 0.4) is 0 Å². The van der Waals surface area contributed by atoms with Crippen molar-refractivity contribution in [1.82, 2.24) is 4.98 Å². The van der Waals surface area contributed by atoms with Gasteiger partial charge in [-0.1, -0.05) is 0 Å². The topological polar surface area (TPSA) is 102 Å². The van der Waals surface area contributed by atoms with Crippen molar-refractivity contribution in [3.8, 4) is 0 Å². The van der Waals surface area contributed by atoms with Crippen molar-refractivity contribution in [2.24, 2.45) is 0 Å². The minimum absolute atomic E-state index is 0.0114. The monoisotopic (exact) mass is 307 g/mol. The van der Waals surface area contributed by atoms with Crippen molar-refractivity contribution in [1.29, 1.82) is 0 Å². The molecule has 0 aliphatic carbocycles. The van der Waals surface area contributed by atoms with E-state index in [1.54, 1.807) is 24.4 Å². The summed E-state index contributed by atoms with van der Waals surface area (Å²) in [5.41, 5.74) is 1.09. The first-order chi connectivity index (χ1) is 9.96. The molecule has 3 rings (SSSR count). The molecule has 1 saturated heterocycles. The molecule has 1 aromatic heterocycles. The lowest BCUT2D eigenvalue weighted by Crippen LogP contribution is -2.20. The average Bonchev–Trinajstić information content (AvgIpc) is 2.78. The van der Waals surface area contributed by atoms with Gasteiger partial charge in [-0.2, -0.15) is 0 Å². The lowest BCUT2D eigenvalue weighted by molar-refractivity contribution is -0.383. The van der Waals surface area contributed by atoms with Crippen molar-refractivity contribution < 1.29 is 13.3 Å². The standard InChI is InChI=1S/C13H13N3O4S/c17-16(18)12-4-3-11(13-10(12)2-1-6-14-13)15-9-5-7-21(19,20)8-9/h1-4,6,9,15H,5,7-8H2/t9-/m0/s1. The number of nitro groups is 1. The molecule has 2 heterocycles. The number of nitro benzene ring substituents is 1. The second kappa shape index (κ2) is 4.96. The Hall–Kier alpha value is -2.22. The molecular formula is C13H13N3O4S. The van der Waals surface area contributed by atoms with Crippen LogP contribution in [-0.2, 0) is 9.84 Å². The quantitative estimate of drug-likeness (QED) is 0.684. The van der Waals surface area contributed by atoms with Crippen LogP contribution in [0.5, 0.6) is 0 Å². The van der Waals surface area contributed by atoms with Crippen LogP contribution in [0.15, 0.2) is 30.5 Å². The first-order valence-corrected chi connectivity index (χ1v) is 8.27. The maximum atomic E-state index is 11.5. The maximum absolute atomic E-state index is 11.5. The van der Waals surface area contributed by atoms with Gasteiger partial charge < -0.3 is 5.32 Å². The molecule has 0 unspecified atom stereocenters. The number of anilines is 1. The number of nitrogens with zero attached hydrogens (tertiary/aromatic N) is 2. The van der Waals surface area contributed by atoms with E-state index in [0.717, 1.165) is 0 Å². The van der Waals surface area contributed by atoms with Gasteiger partial charge in [-0.05, 0) is 24.6 Å². The Balaban J connectivity index is 2.01. The number of non-ortho nitro benzene ring substituents is 1. The predicted octanol–water partition coefficient (Wildman–Crippen LogP) is 1.74. The SMILES string of the molecule is O=[N+]([O-])c1ccc(N[C@H]2CCS(=O)(=O)C2)c2ncccc12. The van der Waals surface area contributed by atoms with E-state index in [1.165, 1.54) is 6.07 Å². The van der Waals surface area contributed by atoms with Gasteiger partial charge in [0.15, 0.2) is 9.84 Å². The largest absolute Gasteiger partial charge is 0.379 e. The average molecular weight is 307 g/mol. The Bertz CT molecular complexity index is 819. The number of benzene rings is 1. The van der Waals surface area contributed by atoms with Crippen LogP contribution in [0.2, 0.25) is 0 Å². The Labute approximate surface area is 121 Å². The van der Waals surface area contributed by atoms with Crippen LogP contribution >= 0.6 is 0 Å². The number of nitrogens with one attached hydrogen (secondary N) is 1. The van der Waals surface area contributed by atoms with E-state index in [0.29, 0.717) is 23.0 Å². The summed E-state index contributed by atoms with van der Waals surface area (Å²) in [7, 11) is -2.98. The van der Waals surface area contributed by atoms with Crippen LogP contribution in [0.1, 0.15) is 6.42 Å². The first kappa shape index (κ1) is 13.7. The molecule has 1 fully saturated rings. The molecule has 0 amide bonds. The van der Waals surface area contributed by atoms with Crippen LogP contribution in [0.4, 0.5) is 11.4 Å². The van der Waals surface area contributed by atoms with Gasteiger partial charge in [0.05, 0.1) is 27.5 Å². The van der Waals surface area contributed by atoms with Crippen LogP contribution in [-0.4, -0.2) is 35.9 Å². The molecule has 0 saturated carbocycles. The summed E-state index contributed by atoms with van der Waals surface area (Å²) in [6, 6.07) is 6.09. The molecule has 8 heteroatoms. The molecule has 2 aromatic rings. The maximum Gasteiger partial charge on any atom is 0.278 e. The van der Waals surface area contributed by atoms with E-state index in [-0.39, 0.29) is 23.2 Å². The van der Waals surface area contributed by atoms with E-state index >= 15 is 0 Å². The van der Waals surface area contributed by atoms with Gasteiger partial charge in [-0.3, -0.25) is 15.1 Å². The minimum atomic E-state index is -2.98. The Morgan fingerprint density at radius 2 is 2.14 bits per heavy atom. The fourth-order valence-electron chi connectivity index (χ4n) is 2.56. The van der Waals surface area contributed by atoms with Gasteiger partial charge in [0, 0.05) is 18.3 Å². The zero-order chi connectivity index (χ0) is 15.0. The van der Waals surface area contributed by atoms with E-state index in [1.807, 2.05) is 0 Å². The molecule has 1 aromatic carbocycles. The van der Waals surface area contributed by atoms with Gasteiger partial charge in [-0.15, -0.1) is 0 Å². The Morgan fingerprint density at radius 3 is 2.81 bits per heavy atom. The first-order valence-electron chi connectivity index (χ1n) is 6.45. The third-order valence-electron chi connectivity index (χ3n) is 3.54. The van der Waals surface area contributed by atoms with E-state index < -0.39 is 14.8 Å². The third-order valence-corrected chi connectivity index (χ3v) is 5.30. The highest BCUT2D eigenvalue weighted by Crippen LogP contribution is 2.31. The van der Waals surface area contributed by atoms with Crippen molar-refractivity contribution in [3.63, 3.8) is 0 Å². The van der Waals surface area contributed by atoms with Crippen LogP contribution in [0, 0.1) is 10.1 Å². The second-order valence-corrected chi connectivity index (χ2v) is 7.26. The van der Waals surface area contributed by atoms with E-state index in [4.69, 9.17) is 0 Å². The number of fused-ring (bicyclic) bond motifs is 1. The number of hydrogen-bond acceptors (Lipinski definition) is 6. The van der Waals surface area contributed by atoms with E-state index in [9.17, 15) is 18.5 Å².